The topological polar surface area (TPSA) is 93.7 Å². The van der Waals surface area contributed by atoms with Gasteiger partial charge >= 0.3 is 6.09 Å². The molecule has 7 nitrogen and oxygen atoms in total. The molecule has 0 radical (unpaired) electrons. The molecule has 0 fully saturated rings. The molecule has 0 saturated heterocycles. The van der Waals surface area contributed by atoms with Crippen molar-refractivity contribution in [3.63, 3.8) is 0 Å². The van der Waals surface area contributed by atoms with Gasteiger partial charge in [-0.2, -0.15) is 0 Å². The summed E-state index contributed by atoms with van der Waals surface area (Å²) in [5, 5.41) is 2.96. The minimum Gasteiger partial charge on any atom is -0.495 e. The number of methoxy groups -OCH3 is 1. The number of ether oxygens (including phenoxy) is 2. The second-order valence-corrected chi connectivity index (χ2v) is 9.10. The second-order valence-electron chi connectivity index (χ2n) is 7.01. The smallest absolute Gasteiger partial charge is 0.412 e. The maximum absolute atomic E-state index is 12.8. The highest BCUT2D eigenvalue weighted by molar-refractivity contribution is 7.92. The van der Waals surface area contributed by atoms with Gasteiger partial charge in [-0.05, 0) is 63.6 Å². The van der Waals surface area contributed by atoms with Crippen LogP contribution in [0, 0.1) is 6.92 Å². The van der Waals surface area contributed by atoms with Crippen LogP contribution in [0.4, 0.5) is 16.2 Å². The van der Waals surface area contributed by atoms with E-state index >= 15 is 0 Å². The van der Waals surface area contributed by atoms with Crippen LogP contribution in [0.15, 0.2) is 41.3 Å². The molecule has 0 aliphatic carbocycles. The molecule has 152 valence electrons. The van der Waals surface area contributed by atoms with Crippen LogP contribution < -0.4 is 14.8 Å². The lowest BCUT2D eigenvalue weighted by Gasteiger charge is -2.20. The van der Waals surface area contributed by atoms with E-state index in [0.29, 0.717) is 22.0 Å². The van der Waals surface area contributed by atoms with E-state index in [1.807, 2.05) is 0 Å². The third-order valence-electron chi connectivity index (χ3n) is 3.63. The van der Waals surface area contributed by atoms with Crippen molar-refractivity contribution in [1.82, 2.24) is 0 Å². The fourth-order valence-corrected chi connectivity index (χ4v) is 3.61. The first-order valence-electron chi connectivity index (χ1n) is 8.39. The van der Waals surface area contributed by atoms with Crippen molar-refractivity contribution in [2.45, 2.75) is 38.2 Å². The number of amides is 1. The lowest BCUT2D eigenvalue weighted by atomic mass is 10.2. The molecule has 0 unspecified atom stereocenters. The molecule has 0 aliphatic heterocycles. The Morgan fingerprint density at radius 1 is 1.11 bits per heavy atom. The predicted molar refractivity (Wildman–Crippen MR) is 110 cm³/mol. The standard InChI is InChI=1S/C19H23ClN2O5S/c1-12-14(20)7-6-8-15(12)22-28(24,25)13-9-10-17(26-5)16(11-13)21-18(23)27-19(2,3)4/h6-11,22H,1-5H3,(H,21,23). The van der Waals surface area contributed by atoms with Gasteiger partial charge in [-0.25, -0.2) is 13.2 Å². The number of carbonyl (C=O) groups is 1. The molecule has 0 atom stereocenters. The number of nitrogens with one attached hydrogen (secondary N) is 2. The molecule has 9 heteroatoms. The lowest BCUT2D eigenvalue weighted by Crippen LogP contribution is -2.27. The maximum atomic E-state index is 12.8. The summed E-state index contributed by atoms with van der Waals surface area (Å²) in [4.78, 5) is 12.0. The Morgan fingerprint density at radius 2 is 1.79 bits per heavy atom. The van der Waals surface area contributed by atoms with E-state index in [9.17, 15) is 13.2 Å². The van der Waals surface area contributed by atoms with Crippen molar-refractivity contribution in [2.75, 3.05) is 17.1 Å². The highest BCUT2D eigenvalue weighted by Gasteiger charge is 2.21. The second kappa shape index (κ2) is 8.28. The number of rotatable bonds is 5. The van der Waals surface area contributed by atoms with Gasteiger partial charge in [0.2, 0.25) is 0 Å². The molecule has 2 rings (SSSR count). The Balaban J connectivity index is 2.35. The van der Waals surface area contributed by atoms with Crippen molar-refractivity contribution >= 4 is 39.1 Å². The molecular weight excluding hydrogens is 404 g/mol. The Hall–Kier alpha value is -2.45. The number of anilines is 2. The Bertz CT molecular complexity index is 984. The molecule has 0 bridgehead atoms. The largest absolute Gasteiger partial charge is 0.495 e. The third kappa shape index (κ3) is 5.53. The van der Waals surface area contributed by atoms with Gasteiger partial charge in [-0.15, -0.1) is 0 Å². The monoisotopic (exact) mass is 426 g/mol. The van der Waals surface area contributed by atoms with Gasteiger partial charge in [-0.1, -0.05) is 17.7 Å². The van der Waals surface area contributed by atoms with E-state index in [-0.39, 0.29) is 10.6 Å². The molecule has 28 heavy (non-hydrogen) atoms. The van der Waals surface area contributed by atoms with Crippen molar-refractivity contribution in [3.8, 4) is 5.75 Å². The van der Waals surface area contributed by atoms with E-state index in [1.165, 1.54) is 25.3 Å². The summed E-state index contributed by atoms with van der Waals surface area (Å²) in [5.41, 5.74) is 0.438. The van der Waals surface area contributed by atoms with Gasteiger partial charge in [0.1, 0.15) is 11.4 Å². The van der Waals surface area contributed by atoms with E-state index in [4.69, 9.17) is 21.1 Å². The molecule has 0 spiro atoms. The van der Waals surface area contributed by atoms with E-state index in [0.717, 1.165) is 0 Å². The van der Waals surface area contributed by atoms with Crippen LogP contribution in [-0.2, 0) is 14.8 Å². The Morgan fingerprint density at radius 3 is 2.39 bits per heavy atom. The zero-order chi connectivity index (χ0) is 21.1. The molecule has 0 saturated carbocycles. The van der Waals surface area contributed by atoms with E-state index in [2.05, 4.69) is 10.0 Å². The Labute approximate surface area is 170 Å². The summed E-state index contributed by atoms with van der Waals surface area (Å²) < 4.78 is 38.5. The van der Waals surface area contributed by atoms with Crippen LogP contribution in [0.3, 0.4) is 0 Å². The summed E-state index contributed by atoms with van der Waals surface area (Å²) in [6.45, 7) is 6.88. The van der Waals surface area contributed by atoms with E-state index in [1.54, 1.807) is 45.9 Å². The van der Waals surface area contributed by atoms with Crippen LogP contribution in [0.5, 0.6) is 5.75 Å². The summed E-state index contributed by atoms with van der Waals surface area (Å²) in [6, 6.07) is 9.06. The number of benzene rings is 2. The van der Waals surface area contributed by atoms with Gasteiger partial charge in [-0.3, -0.25) is 10.0 Å². The van der Waals surface area contributed by atoms with Crippen molar-refractivity contribution in [3.05, 3.63) is 47.0 Å². The van der Waals surface area contributed by atoms with Crippen molar-refractivity contribution < 1.29 is 22.7 Å². The zero-order valence-corrected chi connectivity index (χ0v) is 17.9. The molecule has 0 aliphatic rings. The Kier molecular flexibility index (Phi) is 6.46. The minimum atomic E-state index is -3.93. The summed E-state index contributed by atoms with van der Waals surface area (Å²) in [6.07, 6.45) is -0.723. The normalized spacial score (nSPS) is 11.6. The molecule has 2 aromatic rings. The van der Waals surface area contributed by atoms with Crippen LogP contribution in [0.25, 0.3) is 0 Å². The van der Waals surface area contributed by atoms with E-state index < -0.39 is 21.7 Å². The number of hydrogen-bond acceptors (Lipinski definition) is 5. The first kappa shape index (κ1) is 21.8. The SMILES string of the molecule is COc1ccc(S(=O)(=O)Nc2cccc(Cl)c2C)cc1NC(=O)OC(C)(C)C. The quantitative estimate of drug-likeness (QED) is 0.715. The third-order valence-corrected chi connectivity index (χ3v) is 5.40. The molecule has 0 aromatic heterocycles. The molecule has 2 N–H and O–H groups in total. The van der Waals surface area contributed by atoms with Crippen LogP contribution in [0.2, 0.25) is 5.02 Å². The first-order chi connectivity index (χ1) is 12.9. The fraction of sp³-hybridized carbons (Fsp3) is 0.316. The molecule has 1 amide bonds. The highest BCUT2D eigenvalue weighted by Crippen LogP contribution is 2.30. The van der Waals surface area contributed by atoms with Gasteiger partial charge in [0, 0.05) is 5.02 Å². The minimum absolute atomic E-state index is 0.0567. The van der Waals surface area contributed by atoms with Gasteiger partial charge in [0.05, 0.1) is 23.4 Å². The van der Waals surface area contributed by atoms with Crippen molar-refractivity contribution in [1.29, 1.82) is 0 Å². The molecule has 0 heterocycles. The summed E-state index contributed by atoms with van der Waals surface area (Å²) in [7, 11) is -2.51. The highest BCUT2D eigenvalue weighted by atomic mass is 35.5. The lowest BCUT2D eigenvalue weighted by molar-refractivity contribution is 0.0635. The number of carbonyl (C=O) groups excluding carboxylic acids is 1. The number of hydrogen-bond donors (Lipinski definition) is 2. The van der Waals surface area contributed by atoms with Crippen LogP contribution in [0.1, 0.15) is 26.3 Å². The summed E-state index contributed by atoms with van der Waals surface area (Å²) >= 11 is 6.05. The summed E-state index contributed by atoms with van der Waals surface area (Å²) in [5.74, 6) is 0.295. The van der Waals surface area contributed by atoms with Gasteiger partial charge < -0.3 is 9.47 Å². The predicted octanol–water partition coefficient (Wildman–Crippen LogP) is 4.80. The first-order valence-corrected chi connectivity index (χ1v) is 10.2. The average molecular weight is 427 g/mol. The van der Waals surface area contributed by atoms with Crippen LogP contribution >= 0.6 is 11.6 Å². The number of sulfonamides is 1. The van der Waals surface area contributed by atoms with Gasteiger partial charge in [0.15, 0.2) is 0 Å². The molecular formula is C19H23ClN2O5S. The fourth-order valence-electron chi connectivity index (χ4n) is 2.29. The average Bonchev–Trinajstić information content (AvgIpc) is 2.57. The zero-order valence-electron chi connectivity index (χ0n) is 16.3. The van der Waals surface area contributed by atoms with Crippen LogP contribution in [-0.4, -0.2) is 27.2 Å². The maximum Gasteiger partial charge on any atom is 0.412 e. The molecule has 2 aromatic carbocycles. The van der Waals surface area contributed by atoms with Crippen molar-refractivity contribution in [2.24, 2.45) is 0 Å². The van der Waals surface area contributed by atoms with Gasteiger partial charge in [0.25, 0.3) is 10.0 Å². The number of halogens is 1.